The Labute approximate surface area is 152 Å². The number of ketones is 1. The van der Waals surface area contributed by atoms with Crippen molar-refractivity contribution in [3.05, 3.63) is 68.8 Å². The number of hydrogen-bond donors (Lipinski definition) is 0. The molecule has 1 aliphatic heterocycles. The van der Waals surface area contributed by atoms with E-state index in [2.05, 4.69) is 46.5 Å². The van der Waals surface area contributed by atoms with Gasteiger partial charge in [-0.05, 0) is 72.1 Å². The summed E-state index contributed by atoms with van der Waals surface area (Å²) in [6.07, 6.45) is 2.59. The second-order valence-corrected chi connectivity index (χ2v) is 7.74. The lowest BCUT2D eigenvalue weighted by Gasteiger charge is -2.30. The van der Waals surface area contributed by atoms with Gasteiger partial charge >= 0.3 is 0 Å². The largest absolute Gasteiger partial charge is 0.299 e. The number of halogens is 1. The number of piperidine rings is 1. The van der Waals surface area contributed by atoms with Crippen molar-refractivity contribution >= 4 is 28.4 Å². The molecule has 0 atom stereocenters. The first-order chi connectivity index (χ1) is 11.1. The maximum Gasteiger partial charge on any atom is 0.193 e. The van der Waals surface area contributed by atoms with E-state index in [9.17, 15) is 4.79 Å². The highest BCUT2D eigenvalue weighted by atomic mass is 127. The Morgan fingerprint density at radius 2 is 1.78 bits per heavy atom. The van der Waals surface area contributed by atoms with Crippen molar-refractivity contribution in [2.24, 2.45) is 5.92 Å². The summed E-state index contributed by atoms with van der Waals surface area (Å²) in [4.78, 5) is 15.0. The molecule has 0 amide bonds. The van der Waals surface area contributed by atoms with Gasteiger partial charge in [0.25, 0.3) is 0 Å². The maximum absolute atomic E-state index is 12.5. The standard InChI is InChI=1S/C20H22INO/c1-15-9-11-22(12-10-15)14-16-5-7-17(8-6-16)20(23)18-3-2-4-19(21)13-18/h2-8,13,15H,9-12,14H2,1H3. The summed E-state index contributed by atoms with van der Waals surface area (Å²) in [5.74, 6) is 0.960. The lowest BCUT2D eigenvalue weighted by atomic mass is 9.98. The molecule has 0 spiro atoms. The number of likely N-dealkylation sites (tertiary alicyclic amines) is 1. The highest BCUT2D eigenvalue weighted by molar-refractivity contribution is 14.1. The molecule has 0 N–H and O–H groups in total. The van der Waals surface area contributed by atoms with E-state index in [-0.39, 0.29) is 5.78 Å². The van der Waals surface area contributed by atoms with Crippen LogP contribution in [-0.4, -0.2) is 23.8 Å². The van der Waals surface area contributed by atoms with Gasteiger partial charge in [0.1, 0.15) is 0 Å². The molecule has 0 aliphatic carbocycles. The van der Waals surface area contributed by atoms with Crippen LogP contribution < -0.4 is 0 Å². The number of nitrogens with zero attached hydrogens (tertiary/aromatic N) is 1. The van der Waals surface area contributed by atoms with Gasteiger partial charge < -0.3 is 0 Å². The average Bonchev–Trinajstić information content (AvgIpc) is 2.57. The zero-order valence-corrected chi connectivity index (χ0v) is 15.6. The lowest BCUT2D eigenvalue weighted by Crippen LogP contribution is -2.32. The minimum absolute atomic E-state index is 0.0989. The van der Waals surface area contributed by atoms with Gasteiger partial charge in [-0.15, -0.1) is 0 Å². The fraction of sp³-hybridized carbons (Fsp3) is 0.350. The van der Waals surface area contributed by atoms with Crippen LogP contribution in [0.4, 0.5) is 0 Å². The van der Waals surface area contributed by atoms with E-state index < -0.39 is 0 Å². The maximum atomic E-state index is 12.5. The van der Waals surface area contributed by atoms with Crippen LogP contribution in [0, 0.1) is 9.49 Å². The molecule has 2 aromatic rings. The predicted octanol–water partition coefficient (Wildman–Crippen LogP) is 4.75. The van der Waals surface area contributed by atoms with Crippen molar-refractivity contribution in [1.29, 1.82) is 0 Å². The zero-order chi connectivity index (χ0) is 16.2. The summed E-state index contributed by atoms with van der Waals surface area (Å²) in [6.45, 7) is 5.70. The Morgan fingerprint density at radius 3 is 2.43 bits per heavy atom. The Morgan fingerprint density at radius 1 is 1.09 bits per heavy atom. The van der Waals surface area contributed by atoms with Gasteiger partial charge in [-0.2, -0.15) is 0 Å². The average molecular weight is 419 g/mol. The van der Waals surface area contributed by atoms with Gasteiger partial charge in [0.2, 0.25) is 0 Å². The number of benzene rings is 2. The van der Waals surface area contributed by atoms with Gasteiger partial charge in [-0.1, -0.05) is 43.3 Å². The molecule has 0 radical (unpaired) electrons. The molecule has 120 valence electrons. The van der Waals surface area contributed by atoms with Crippen LogP contribution >= 0.6 is 22.6 Å². The van der Waals surface area contributed by atoms with Gasteiger partial charge in [-0.25, -0.2) is 0 Å². The molecule has 0 unspecified atom stereocenters. The second-order valence-electron chi connectivity index (χ2n) is 6.50. The Hall–Kier alpha value is -1.20. The van der Waals surface area contributed by atoms with Crippen LogP contribution in [0.15, 0.2) is 48.5 Å². The monoisotopic (exact) mass is 419 g/mol. The van der Waals surface area contributed by atoms with E-state index in [4.69, 9.17) is 0 Å². The normalized spacial score (nSPS) is 16.4. The van der Waals surface area contributed by atoms with Crippen LogP contribution in [0.2, 0.25) is 0 Å². The first-order valence-electron chi connectivity index (χ1n) is 8.23. The fourth-order valence-corrected chi connectivity index (χ4v) is 3.58. The van der Waals surface area contributed by atoms with Gasteiger partial charge in [0, 0.05) is 21.2 Å². The molecule has 1 aliphatic rings. The molecule has 1 saturated heterocycles. The predicted molar refractivity (Wildman–Crippen MR) is 103 cm³/mol. The van der Waals surface area contributed by atoms with E-state index in [0.29, 0.717) is 0 Å². The van der Waals surface area contributed by atoms with Crippen LogP contribution in [-0.2, 0) is 6.54 Å². The summed E-state index contributed by atoms with van der Waals surface area (Å²) < 4.78 is 1.09. The first kappa shape index (κ1) is 16.7. The summed E-state index contributed by atoms with van der Waals surface area (Å²) >= 11 is 2.24. The molecule has 23 heavy (non-hydrogen) atoms. The molecule has 1 heterocycles. The molecule has 2 aromatic carbocycles. The van der Waals surface area contributed by atoms with Crippen molar-refractivity contribution in [3.63, 3.8) is 0 Å². The molecule has 1 fully saturated rings. The summed E-state index contributed by atoms with van der Waals surface area (Å²) in [6, 6.07) is 15.9. The van der Waals surface area contributed by atoms with E-state index >= 15 is 0 Å². The molecular formula is C20H22INO. The van der Waals surface area contributed by atoms with Crippen molar-refractivity contribution in [2.75, 3.05) is 13.1 Å². The minimum atomic E-state index is 0.0989. The highest BCUT2D eigenvalue weighted by Crippen LogP contribution is 2.19. The number of carbonyl (C=O) groups excluding carboxylic acids is 1. The minimum Gasteiger partial charge on any atom is -0.299 e. The van der Waals surface area contributed by atoms with Crippen LogP contribution in [0.25, 0.3) is 0 Å². The molecule has 3 rings (SSSR count). The molecule has 2 nitrogen and oxygen atoms in total. The molecule has 3 heteroatoms. The van der Waals surface area contributed by atoms with E-state index in [1.807, 2.05) is 36.4 Å². The van der Waals surface area contributed by atoms with Crippen LogP contribution in [0.5, 0.6) is 0 Å². The van der Waals surface area contributed by atoms with Crippen molar-refractivity contribution in [1.82, 2.24) is 4.90 Å². The van der Waals surface area contributed by atoms with E-state index in [1.165, 1.54) is 31.5 Å². The summed E-state index contributed by atoms with van der Waals surface area (Å²) in [5.41, 5.74) is 2.82. The van der Waals surface area contributed by atoms with Crippen LogP contribution in [0.1, 0.15) is 41.3 Å². The third-order valence-corrected chi connectivity index (χ3v) is 5.26. The Bertz CT molecular complexity index is 672. The van der Waals surface area contributed by atoms with E-state index in [0.717, 1.165) is 27.2 Å². The summed E-state index contributed by atoms with van der Waals surface area (Å²) in [7, 11) is 0. The lowest BCUT2D eigenvalue weighted by molar-refractivity contribution is 0.103. The fourth-order valence-electron chi connectivity index (χ4n) is 3.04. The molecule has 0 bridgehead atoms. The smallest absolute Gasteiger partial charge is 0.193 e. The SMILES string of the molecule is CC1CCN(Cc2ccc(C(=O)c3cccc(I)c3)cc2)CC1. The summed E-state index contributed by atoms with van der Waals surface area (Å²) in [5, 5.41) is 0. The van der Waals surface area contributed by atoms with Gasteiger partial charge in [0.05, 0.1) is 0 Å². The van der Waals surface area contributed by atoms with Crippen molar-refractivity contribution in [3.8, 4) is 0 Å². The highest BCUT2D eigenvalue weighted by Gasteiger charge is 2.16. The topological polar surface area (TPSA) is 20.3 Å². The van der Waals surface area contributed by atoms with Crippen molar-refractivity contribution < 1.29 is 4.79 Å². The Balaban J connectivity index is 1.66. The molecule has 0 saturated carbocycles. The second kappa shape index (κ2) is 7.58. The first-order valence-corrected chi connectivity index (χ1v) is 9.31. The molecule has 0 aromatic heterocycles. The van der Waals surface area contributed by atoms with E-state index in [1.54, 1.807) is 0 Å². The third kappa shape index (κ3) is 4.42. The zero-order valence-electron chi connectivity index (χ0n) is 13.5. The Kier molecular flexibility index (Phi) is 5.49. The quantitative estimate of drug-likeness (QED) is 0.527. The number of hydrogen-bond acceptors (Lipinski definition) is 2. The molecular weight excluding hydrogens is 397 g/mol. The number of carbonyl (C=O) groups is 1. The van der Waals surface area contributed by atoms with Gasteiger partial charge in [-0.3, -0.25) is 9.69 Å². The van der Waals surface area contributed by atoms with Crippen LogP contribution in [0.3, 0.4) is 0 Å². The third-order valence-electron chi connectivity index (χ3n) is 4.59. The van der Waals surface area contributed by atoms with Crippen molar-refractivity contribution in [2.45, 2.75) is 26.3 Å². The van der Waals surface area contributed by atoms with Gasteiger partial charge in [0.15, 0.2) is 5.78 Å². The number of rotatable bonds is 4.